The zero-order valence-electron chi connectivity index (χ0n) is 10.5. The highest BCUT2D eigenvalue weighted by atomic mass is 32.1. The number of hydrogen-bond donors (Lipinski definition) is 0. The lowest BCUT2D eigenvalue weighted by molar-refractivity contribution is -0.0133. The number of unbranched alkanes of at least 4 members (excludes halogenated alkanes) is 1. The van der Waals surface area contributed by atoms with Gasteiger partial charge in [-0.2, -0.15) is 0 Å². The van der Waals surface area contributed by atoms with E-state index in [4.69, 9.17) is 0 Å². The summed E-state index contributed by atoms with van der Waals surface area (Å²) in [7, 11) is 0. The van der Waals surface area contributed by atoms with E-state index in [1.165, 1.54) is 11.8 Å². The summed E-state index contributed by atoms with van der Waals surface area (Å²) < 4.78 is 24.7. The molecule has 0 saturated heterocycles. The lowest BCUT2D eigenvalue weighted by Gasteiger charge is -2.11. The first-order valence-corrected chi connectivity index (χ1v) is 6.49. The Bertz CT molecular complexity index is 268. The molecule has 1 heterocycles. The summed E-state index contributed by atoms with van der Waals surface area (Å²) in [4.78, 5) is 5.32. The van der Waals surface area contributed by atoms with Crippen molar-refractivity contribution >= 4 is 11.3 Å². The van der Waals surface area contributed by atoms with E-state index in [2.05, 4.69) is 11.9 Å². The van der Waals surface area contributed by atoms with Crippen molar-refractivity contribution < 1.29 is 8.78 Å². The first-order chi connectivity index (χ1) is 7.41. The number of aryl methyl sites for hydroxylation is 2. The minimum atomic E-state index is -2.41. The highest BCUT2D eigenvalue weighted by molar-refractivity contribution is 7.11. The van der Waals surface area contributed by atoms with E-state index < -0.39 is 5.92 Å². The summed E-state index contributed by atoms with van der Waals surface area (Å²) in [6.45, 7) is 7.52. The molecule has 94 valence electrons. The van der Waals surface area contributed by atoms with Crippen molar-refractivity contribution in [2.45, 2.75) is 59.3 Å². The topological polar surface area (TPSA) is 12.9 Å². The van der Waals surface area contributed by atoms with Gasteiger partial charge in [-0.3, -0.25) is 0 Å². The second kappa shape index (κ2) is 7.71. The Labute approximate surface area is 101 Å². The van der Waals surface area contributed by atoms with Crippen molar-refractivity contribution in [3.8, 4) is 0 Å². The standard InChI is InChI=1S/C7H14F2.C5H7NS/c1-3-5-6-7(8,9)4-2;1-4-3-6-5(2)7-4/h3-6H2,1-2H3;3H,1-2H3. The van der Waals surface area contributed by atoms with Crippen LogP contribution in [0.1, 0.15) is 49.4 Å². The van der Waals surface area contributed by atoms with Crippen molar-refractivity contribution in [3.63, 3.8) is 0 Å². The van der Waals surface area contributed by atoms with Gasteiger partial charge in [0.2, 0.25) is 5.92 Å². The van der Waals surface area contributed by atoms with E-state index in [0.29, 0.717) is 6.42 Å². The lowest BCUT2D eigenvalue weighted by atomic mass is 10.1. The van der Waals surface area contributed by atoms with E-state index in [9.17, 15) is 8.78 Å². The van der Waals surface area contributed by atoms with Crippen molar-refractivity contribution in [2.24, 2.45) is 0 Å². The van der Waals surface area contributed by atoms with Crippen LogP contribution in [0.5, 0.6) is 0 Å². The number of hydrogen-bond acceptors (Lipinski definition) is 2. The third-order valence-corrected chi connectivity index (χ3v) is 2.98. The van der Waals surface area contributed by atoms with Gasteiger partial charge in [-0.05, 0) is 20.3 Å². The summed E-state index contributed by atoms with van der Waals surface area (Å²) in [6, 6.07) is 0. The number of aromatic nitrogens is 1. The van der Waals surface area contributed by atoms with Crippen LogP contribution in [0.3, 0.4) is 0 Å². The number of halogens is 2. The molecule has 0 atom stereocenters. The molecule has 0 unspecified atom stereocenters. The fourth-order valence-corrected chi connectivity index (χ4v) is 1.76. The molecule has 0 aliphatic carbocycles. The number of alkyl halides is 2. The molecule has 0 N–H and O–H groups in total. The molecular formula is C12H21F2NS. The minimum absolute atomic E-state index is 0.0208. The lowest BCUT2D eigenvalue weighted by Crippen LogP contribution is -2.13. The molecule has 1 rings (SSSR count). The Kier molecular flexibility index (Phi) is 7.47. The SMILES string of the molecule is CCCCC(F)(F)CC.Cc1cnc(C)s1. The van der Waals surface area contributed by atoms with Gasteiger partial charge >= 0.3 is 0 Å². The molecule has 0 fully saturated rings. The van der Waals surface area contributed by atoms with Crippen LogP contribution in [0.25, 0.3) is 0 Å². The molecule has 0 aromatic carbocycles. The summed E-state index contributed by atoms with van der Waals surface area (Å²) in [5, 5.41) is 1.15. The molecule has 16 heavy (non-hydrogen) atoms. The Morgan fingerprint density at radius 3 is 2.19 bits per heavy atom. The molecule has 0 bridgehead atoms. The zero-order chi connectivity index (χ0) is 12.6. The Morgan fingerprint density at radius 2 is 1.94 bits per heavy atom. The predicted octanol–water partition coefficient (Wildman–Crippen LogP) is 4.98. The van der Waals surface area contributed by atoms with E-state index in [1.54, 1.807) is 11.3 Å². The monoisotopic (exact) mass is 249 g/mol. The Balaban J connectivity index is 0.000000288. The van der Waals surface area contributed by atoms with E-state index in [1.807, 2.05) is 20.0 Å². The van der Waals surface area contributed by atoms with Gasteiger partial charge in [0.1, 0.15) is 0 Å². The molecule has 0 spiro atoms. The van der Waals surface area contributed by atoms with Gasteiger partial charge in [-0.1, -0.05) is 20.3 Å². The molecule has 0 radical (unpaired) electrons. The second-order valence-corrected chi connectivity index (χ2v) is 5.24. The number of rotatable bonds is 4. The third kappa shape index (κ3) is 7.74. The molecule has 0 saturated carbocycles. The smallest absolute Gasteiger partial charge is 0.247 e. The molecule has 1 aromatic heterocycles. The van der Waals surface area contributed by atoms with Crippen LogP contribution in [0.4, 0.5) is 8.78 Å². The van der Waals surface area contributed by atoms with Crippen molar-refractivity contribution in [1.29, 1.82) is 0 Å². The average molecular weight is 249 g/mol. The summed E-state index contributed by atoms with van der Waals surface area (Å²) in [6.07, 6.45) is 3.42. The normalized spacial score (nSPS) is 10.9. The van der Waals surface area contributed by atoms with E-state index in [-0.39, 0.29) is 12.8 Å². The summed E-state index contributed by atoms with van der Waals surface area (Å²) in [5.74, 6) is -2.41. The van der Waals surface area contributed by atoms with Crippen LogP contribution < -0.4 is 0 Å². The van der Waals surface area contributed by atoms with Gasteiger partial charge in [0, 0.05) is 23.9 Å². The fourth-order valence-electron chi connectivity index (χ4n) is 1.08. The number of thiazole rings is 1. The van der Waals surface area contributed by atoms with E-state index >= 15 is 0 Å². The van der Waals surface area contributed by atoms with Crippen LogP contribution >= 0.6 is 11.3 Å². The van der Waals surface area contributed by atoms with Gasteiger partial charge in [-0.25, -0.2) is 13.8 Å². The van der Waals surface area contributed by atoms with Gasteiger partial charge in [0.25, 0.3) is 0 Å². The molecule has 4 heteroatoms. The minimum Gasteiger partial charge on any atom is -0.250 e. The summed E-state index contributed by atoms with van der Waals surface area (Å²) >= 11 is 1.73. The molecule has 1 aromatic rings. The van der Waals surface area contributed by atoms with Crippen LogP contribution in [0, 0.1) is 13.8 Å². The zero-order valence-corrected chi connectivity index (χ0v) is 11.3. The van der Waals surface area contributed by atoms with Crippen LogP contribution in [-0.2, 0) is 0 Å². The molecular weight excluding hydrogens is 228 g/mol. The predicted molar refractivity (Wildman–Crippen MR) is 66.4 cm³/mol. The Hall–Kier alpha value is -0.510. The first kappa shape index (κ1) is 15.5. The van der Waals surface area contributed by atoms with Crippen LogP contribution in [0.15, 0.2) is 6.20 Å². The first-order valence-electron chi connectivity index (χ1n) is 5.68. The van der Waals surface area contributed by atoms with E-state index in [0.717, 1.165) is 11.4 Å². The molecule has 0 amide bonds. The summed E-state index contributed by atoms with van der Waals surface area (Å²) in [5.41, 5.74) is 0. The largest absolute Gasteiger partial charge is 0.250 e. The van der Waals surface area contributed by atoms with Crippen LogP contribution in [0.2, 0.25) is 0 Å². The van der Waals surface area contributed by atoms with Crippen molar-refractivity contribution in [2.75, 3.05) is 0 Å². The van der Waals surface area contributed by atoms with Gasteiger partial charge in [0.05, 0.1) is 5.01 Å². The fraction of sp³-hybridized carbons (Fsp3) is 0.750. The molecule has 1 nitrogen and oxygen atoms in total. The van der Waals surface area contributed by atoms with Gasteiger partial charge in [0.15, 0.2) is 0 Å². The van der Waals surface area contributed by atoms with Crippen molar-refractivity contribution in [3.05, 3.63) is 16.1 Å². The third-order valence-electron chi connectivity index (χ3n) is 2.15. The second-order valence-electron chi connectivity index (χ2n) is 3.80. The molecule has 0 aliphatic rings. The molecule has 0 aliphatic heterocycles. The Morgan fingerprint density at radius 1 is 1.31 bits per heavy atom. The maximum atomic E-state index is 12.3. The maximum absolute atomic E-state index is 12.3. The van der Waals surface area contributed by atoms with Gasteiger partial charge < -0.3 is 0 Å². The highest BCUT2D eigenvalue weighted by Gasteiger charge is 2.24. The highest BCUT2D eigenvalue weighted by Crippen LogP contribution is 2.24. The maximum Gasteiger partial charge on any atom is 0.247 e. The van der Waals surface area contributed by atoms with Gasteiger partial charge in [-0.15, -0.1) is 11.3 Å². The average Bonchev–Trinajstić information content (AvgIpc) is 2.61. The van der Waals surface area contributed by atoms with Crippen LogP contribution in [-0.4, -0.2) is 10.9 Å². The number of nitrogens with zero attached hydrogens (tertiary/aromatic N) is 1. The van der Waals surface area contributed by atoms with Crippen molar-refractivity contribution in [1.82, 2.24) is 4.98 Å². The quantitative estimate of drug-likeness (QED) is 0.733.